The van der Waals surface area contributed by atoms with Crippen LogP contribution in [0.25, 0.3) is 0 Å². The Morgan fingerprint density at radius 2 is 1.64 bits per heavy atom. The van der Waals surface area contributed by atoms with E-state index in [-0.39, 0.29) is 6.04 Å². The van der Waals surface area contributed by atoms with Crippen LogP contribution in [0.1, 0.15) is 32.4 Å². The van der Waals surface area contributed by atoms with Crippen molar-refractivity contribution >= 4 is 0 Å². The van der Waals surface area contributed by atoms with Crippen molar-refractivity contribution in [3.8, 4) is 0 Å². The Hall–Kier alpha value is -0.860. The molecule has 0 aliphatic carbocycles. The molecule has 2 heteroatoms. The second-order valence-corrected chi connectivity index (χ2v) is 3.97. The van der Waals surface area contributed by atoms with Gasteiger partial charge in [-0.05, 0) is 12.5 Å². The summed E-state index contributed by atoms with van der Waals surface area (Å²) in [6.07, 6.45) is -0.432. The van der Waals surface area contributed by atoms with E-state index < -0.39 is 6.10 Å². The normalized spacial score (nSPS) is 15.5. The van der Waals surface area contributed by atoms with Gasteiger partial charge >= 0.3 is 0 Å². The maximum atomic E-state index is 9.98. The van der Waals surface area contributed by atoms with Crippen molar-refractivity contribution < 1.29 is 5.11 Å². The first kappa shape index (κ1) is 11.2. The van der Waals surface area contributed by atoms with E-state index in [2.05, 4.69) is 19.2 Å². The first-order valence-corrected chi connectivity index (χ1v) is 5.10. The van der Waals surface area contributed by atoms with E-state index >= 15 is 0 Å². The van der Waals surface area contributed by atoms with Gasteiger partial charge in [0.15, 0.2) is 0 Å². The lowest BCUT2D eigenvalue weighted by atomic mass is 10.0. The molecule has 0 saturated heterocycles. The van der Waals surface area contributed by atoms with E-state index in [0.717, 1.165) is 5.56 Å². The minimum absolute atomic E-state index is 0.0809. The molecular formula is C12H19NO. The van der Waals surface area contributed by atoms with Crippen LogP contribution in [0.15, 0.2) is 30.3 Å². The van der Waals surface area contributed by atoms with Gasteiger partial charge in [-0.2, -0.15) is 0 Å². The van der Waals surface area contributed by atoms with Crippen LogP contribution in [-0.2, 0) is 0 Å². The molecule has 1 rings (SSSR count). The molecule has 0 heterocycles. The van der Waals surface area contributed by atoms with Crippen molar-refractivity contribution in [1.29, 1.82) is 0 Å². The highest BCUT2D eigenvalue weighted by Crippen LogP contribution is 2.16. The fourth-order valence-electron chi connectivity index (χ4n) is 1.56. The molecule has 2 N–H and O–H groups in total. The fraction of sp³-hybridized carbons (Fsp3) is 0.500. The van der Waals surface area contributed by atoms with Gasteiger partial charge in [-0.25, -0.2) is 0 Å². The van der Waals surface area contributed by atoms with Crippen molar-refractivity contribution in [3.05, 3.63) is 35.9 Å². The Kier molecular flexibility index (Phi) is 4.11. The number of rotatable bonds is 4. The lowest BCUT2D eigenvalue weighted by molar-refractivity contribution is 0.132. The fourth-order valence-corrected chi connectivity index (χ4v) is 1.56. The van der Waals surface area contributed by atoms with Gasteiger partial charge in [-0.15, -0.1) is 0 Å². The molecule has 0 saturated carbocycles. The van der Waals surface area contributed by atoms with E-state index in [1.165, 1.54) is 0 Å². The Bertz CT molecular complexity index is 258. The highest BCUT2D eigenvalue weighted by atomic mass is 16.3. The van der Waals surface area contributed by atoms with E-state index in [1.54, 1.807) is 0 Å². The summed E-state index contributed by atoms with van der Waals surface area (Å²) in [6, 6.07) is 10.2. The summed E-state index contributed by atoms with van der Waals surface area (Å²) in [5.41, 5.74) is 0.966. The van der Waals surface area contributed by atoms with Crippen LogP contribution in [0.3, 0.4) is 0 Å². The Balaban J connectivity index is 2.61. The molecule has 0 amide bonds. The van der Waals surface area contributed by atoms with Gasteiger partial charge in [0.05, 0.1) is 6.10 Å². The van der Waals surface area contributed by atoms with Crippen LogP contribution in [0.2, 0.25) is 0 Å². The van der Waals surface area contributed by atoms with Gasteiger partial charge < -0.3 is 10.4 Å². The van der Waals surface area contributed by atoms with Gasteiger partial charge in [0.25, 0.3) is 0 Å². The Labute approximate surface area is 86.0 Å². The van der Waals surface area contributed by atoms with Gasteiger partial charge in [-0.1, -0.05) is 44.2 Å². The second kappa shape index (κ2) is 5.13. The number of aliphatic hydroxyl groups is 1. The first-order chi connectivity index (χ1) is 6.61. The average molecular weight is 193 g/mol. The predicted octanol–water partition coefficient (Wildman–Crippen LogP) is 2.11. The van der Waals surface area contributed by atoms with Crippen LogP contribution >= 0.6 is 0 Å². The monoisotopic (exact) mass is 193 g/mol. The number of aliphatic hydroxyl groups excluding tert-OH is 1. The standard InChI is InChI=1S/C12H19NO/c1-9(2)13-10(3)12(14)11-7-5-4-6-8-11/h4-10,12-14H,1-3H3/t10-,12+/m1/s1. The third-order valence-corrected chi connectivity index (χ3v) is 2.21. The number of hydrogen-bond donors (Lipinski definition) is 2. The van der Waals surface area contributed by atoms with Crippen molar-refractivity contribution in [2.75, 3.05) is 0 Å². The zero-order chi connectivity index (χ0) is 10.6. The van der Waals surface area contributed by atoms with Gasteiger partial charge in [0, 0.05) is 12.1 Å². The topological polar surface area (TPSA) is 32.3 Å². The third-order valence-electron chi connectivity index (χ3n) is 2.21. The second-order valence-electron chi connectivity index (χ2n) is 3.97. The number of nitrogens with one attached hydrogen (secondary N) is 1. The predicted molar refractivity (Wildman–Crippen MR) is 59.1 cm³/mol. The summed E-state index contributed by atoms with van der Waals surface area (Å²) >= 11 is 0. The quantitative estimate of drug-likeness (QED) is 0.767. The van der Waals surface area contributed by atoms with Crippen LogP contribution in [-0.4, -0.2) is 17.2 Å². The van der Waals surface area contributed by atoms with E-state index in [0.29, 0.717) is 6.04 Å². The van der Waals surface area contributed by atoms with Crippen molar-refractivity contribution in [2.24, 2.45) is 0 Å². The largest absolute Gasteiger partial charge is 0.387 e. The molecule has 0 spiro atoms. The molecule has 2 atom stereocenters. The maximum absolute atomic E-state index is 9.98. The van der Waals surface area contributed by atoms with Crippen molar-refractivity contribution in [1.82, 2.24) is 5.32 Å². The highest BCUT2D eigenvalue weighted by Gasteiger charge is 2.15. The maximum Gasteiger partial charge on any atom is 0.0940 e. The molecule has 0 bridgehead atoms. The summed E-state index contributed by atoms with van der Waals surface area (Å²) in [7, 11) is 0. The average Bonchev–Trinajstić information content (AvgIpc) is 2.17. The molecule has 0 aliphatic rings. The Morgan fingerprint density at radius 3 is 2.14 bits per heavy atom. The molecule has 0 aromatic heterocycles. The van der Waals surface area contributed by atoms with Gasteiger partial charge in [0.1, 0.15) is 0 Å². The summed E-state index contributed by atoms with van der Waals surface area (Å²) in [5.74, 6) is 0. The van der Waals surface area contributed by atoms with Gasteiger partial charge in [0.2, 0.25) is 0 Å². The minimum Gasteiger partial charge on any atom is -0.387 e. The zero-order valence-electron chi connectivity index (χ0n) is 9.07. The molecule has 0 aliphatic heterocycles. The molecule has 2 nitrogen and oxygen atoms in total. The van der Waals surface area contributed by atoms with Crippen molar-refractivity contribution in [2.45, 2.75) is 39.0 Å². The van der Waals surface area contributed by atoms with Crippen LogP contribution in [0.4, 0.5) is 0 Å². The first-order valence-electron chi connectivity index (χ1n) is 5.10. The van der Waals surface area contributed by atoms with E-state index in [1.807, 2.05) is 37.3 Å². The SMILES string of the molecule is CC(C)N[C@H](C)[C@H](O)c1ccccc1. The number of hydrogen-bond acceptors (Lipinski definition) is 2. The molecule has 0 radical (unpaired) electrons. The van der Waals surface area contributed by atoms with Crippen LogP contribution in [0, 0.1) is 0 Å². The molecule has 0 unspecified atom stereocenters. The van der Waals surface area contributed by atoms with E-state index in [9.17, 15) is 5.11 Å². The minimum atomic E-state index is -0.432. The summed E-state index contributed by atoms with van der Waals surface area (Å²) in [4.78, 5) is 0. The molecule has 0 fully saturated rings. The molecule has 1 aromatic rings. The summed E-state index contributed by atoms with van der Waals surface area (Å²) in [5, 5.41) is 13.3. The Morgan fingerprint density at radius 1 is 1.07 bits per heavy atom. The molecular weight excluding hydrogens is 174 g/mol. The molecule has 1 aromatic carbocycles. The summed E-state index contributed by atoms with van der Waals surface area (Å²) < 4.78 is 0. The molecule has 14 heavy (non-hydrogen) atoms. The van der Waals surface area contributed by atoms with E-state index in [4.69, 9.17) is 0 Å². The zero-order valence-corrected chi connectivity index (χ0v) is 9.07. The van der Waals surface area contributed by atoms with Crippen LogP contribution in [0.5, 0.6) is 0 Å². The molecule has 78 valence electrons. The van der Waals surface area contributed by atoms with Gasteiger partial charge in [-0.3, -0.25) is 0 Å². The third kappa shape index (κ3) is 3.13. The van der Waals surface area contributed by atoms with Crippen LogP contribution < -0.4 is 5.32 Å². The van der Waals surface area contributed by atoms with Crippen molar-refractivity contribution in [3.63, 3.8) is 0 Å². The highest BCUT2D eigenvalue weighted by molar-refractivity contribution is 5.18. The smallest absolute Gasteiger partial charge is 0.0940 e. The number of benzene rings is 1. The lowest BCUT2D eigenvalue weighted by Crippen LogP contribution is -2.36. The summed E-state index contributed by atoms with van der Waals surface area (Å²) in [6.45, 7) is 6.15. The lowest BCUT2D eigenvalue weighted by Gasteiger charge is -2.22.